The Kier molecular flexibility index (Phi) is 0.726. The predicted molar refractivity (Wildman–Crippen MR) is 31.8 cm³/mol. The smallest absolute Gasteiger partial charge is 0.349 e. The van der Waals surface area contributed by atoms with Crippen LogP contribution in [-0.2, 0) is 9.63 Å². The molecule has 0 atom stereocenters. The molecule has 50 valence electrons. The van der Waals surface area contributed by atoms with Gasteiger partial charge < -0.3 is 9.74 Å². The zero-order chi connectivity index (χ0) is 9.35. The SMILES string of the molecule is [2H]C([2H])([2H])N1CC(=O)ON=C1C. The van der Waals surface area contributed by atoms with E-state index in [0.717, 1.165) is 4.90 Å². The molecule has 4 heteroatoms. The van der Waals surface area contributed by atoms with Crippen LogP contribution < -0.4 is 0 Å². The summed E-state index contributed by atoms with van der Waals surface area (Å²) in [5.41, 5.74) is 0. The lowest BCUT2D eigenvalue weighted by Gasteiger charge is -2.19. The van der Waals surface area contributed by atoms with Crippen LogP contribution in [0.4, 0.5) is 0 Å². The third-order valence-electron chi connectivity index (χ3n) is 0.957. The Morgan fingerprint density at radius 1 is 2.00 bits per heavy atom. The molecule has 0 saturated carbocycles. The van der Waals surface area contributed by atoms with E-state index < -0.39 is 12.9 Å². The molecular weight excluding hydrogens is 120 g/mol. The number of hydrogen-bond acceptors (Lipinski definition) is 4. The summed E-state index contributed by atoms with van der Waals surface area (Å²) in [6, 6.07) is 0. The van der Waals surface area contributed by atoms with E-state index >= 15 is 0 Å². The topological polar surface area (TPSA) is 41.9 Å². The first-order valence-electron chi connectivity index (χ1n) is 3.93. The minimum atomic E-state index is -2.33. The zero-order valence-electron chi connectivity index (χ0n) is 7.92. The van der Waals surface area contributed by atoms with E-state index in [2.05, 4.69) is 9.99 Å². The normalized spacial score (nSPS) is 25.4. The standard InChI is InChI=1S/C5H8N2O2/c1-4-6-9-5(8)3-7(4)2/h3H2,1-2H3/i2D3. The number of amidine groups is 1. The average molecular weight is 131 g/mol. The monoisotopic (exact) mass is 131 g/mol. The van der Waals surface area contributed by atoms with Crippen molar-refractivity contribution in [1.82, 2.24) is 4.90 Å². The second kappa shape index (κ2) is 2.05. The van der Waals surface area contributed by atoms with Crippen molar-refractivity contribution in [3.63, 3.8) is 0 Å². The van der Waals surface area contributed by atoms with Crippen molar-refractivity contribution in [2.45, 2.75) is 6.92 Å². The van der Waals surface area contributed by atoms with Crippen LogP contribution in [0.25, 0.3) is 0 Å². The fourth-order valence-electron chi connectivity index (χ4n) is 0.439. The molecule has 4 nitrogen and oxygen atoms in total. The lowest BCUT2D eigenvalue weighted by atomic mass is 10.5. The van der Waals surface area contributed by atoms with Gasteiger partial charge in [0.25, 0.3) is 0 Å². The van der Waals surface area contributed by atoms with E-state index in [4.69, 9.17) is 4.11 Å². The molecule has 0 aromatic heterocycles. The Labute approximate surface area is 57.3 Å². The molecule has 0 aliphatic carbocycles. The quantitative estimate of drug-likeness (QED) is 0.428. The number of carbonyl (C=O) groups is 1. The van der Waals surface area contributed by atoms with Crippen LogP contribution in [0.1, 0.15) is 11.0 Å². The van der Waals surface area contributed by atoms with Crippen molar-refractivity contribution in [1.29, 1.82) is 0 Å². The molecule has 9 heavy (non-hydrogen) atoms. The molecule has 0 fully saturated rings. The van der Waals surface area contributed by atoms with Crippen molar-refractivity contribution in [3.05, 3.63) is 0 Å². The van der Waals surface area contributed by atoms with Gasteiger partial charge in [-0.3, -0.25) is 0 Å². The molecule has 1 rings (SSSR count). The van der Waals surface area contributed by atoms with Gasteiger partial charge >= 0.3 is 5.97 Å². The molecule has 0 bridgehead atoms. The minimum Gasteiger partial charge on any atom is -0.349 e. The van der Waals surface area contributed by atoms with E-state index in [0.29, 0.717) is 0 Å². The van der Waals surface area contributed by atoms with Gasteiger partial charge in [-0.2, -0.15) is 0 Å². The fourth-order valence-corrected chi connectivity index (χ4v) is 0.439. The Morgan fingerprint density at radius 3 is 3.33 bits per heavy atom. The molecule has 0 unspecified atom stereocenters. The molecule has 0 N–H and O–H groups in total. The summed E-state index contributed by atoms with van der Waals surface area (Å²) in [4.78, 5) is 15.8. The average Bonchev–Trinajstić information content (AvgIpc) is 1.92. The summed E-state index contributed by atoms with van der Waals surface area (Å²) in [6.45, 7) is -1.13. The summed E-state index contributed by atoms with van der Waals surface area (Å²) in [5.74, 6) is -0.466. The number of likely N-dealkylation sites (N-methyl/N-ethyl adjacent to an activating group) is 1. The predicted octanol–water partition coefficient (Wildman–Crippen LogP) is -0.192. The van der Waals surface area contributed by atoms with E-state index in [1.165, 1.54) is 6.92 Å². The van der Waals surface area contributed by atoms with E-state index in [-0.39, 0.29) is 12.4 Å². The third-order valence-corrected chi connectivity index (χ3v) is 0.957. The molecule has 1 heterocycles. The largest absolute Gasteiger partial charge is 0.354 e. The van der Waals surface area contributed by atoms with Crippen LogP contribution >= 0.6 is 0 Å². The molecule has 0 radical (unpaired) electrons. The van der Waals surface area contributed by atoms with Gasteiger partial charge in [0.15, 0.2) is 0 Å². The number of nitrogens with zero attached hydrogens (tertiary/aromatic N) is 2. The minimum absolute atomic E-state index is 0.189. The van der Waals surface area contributed by atoms with Crippen molar-refractivity contribution in [2.75, 3.05) is 13.5 Å². The van der Waals surface area contributed by atoms with Gasteiger partial charge in [0, 0.05) is 11.1 Å². The summed E-state index contributed by atoms with van der Waals surface area (Å²) < 4.78 is 21.1. The maximum atomic E-state index is 10.6. The van der Waals surface area contributed by atoms with E-state index in [9.17, 15) is 4.79 Å². The second-order valence-electron chi connectivity index (χ2n) is 1.69. The van der Waals surface area contributed by atoms with Gasteiger partial charge in [-0.05, 0) is 6.92 Å². The molecule has 0 aromatic carbocycles. The van der Waals surface area contributed by atoms with Gasteiger partial charge in [-0.15, -0.1) is 0 Å². The first-order valence-corrected chi connectivity index (χ1v) is 2.43. The van der Waals surface area contributed by atoms with Crippen molar-refractivity contribution in [3.8, 4) is 0 Å². The van der Waals surface area contributed by atoms with Gasteiger partial charge in [0.05, 0.1) is 0 Å². The highest BCUT2D eigenvalue weighted by Crippen LogP contribution is 1.96. The first kappa shape index (κ1) is 3.20. The van der Waals surface area contributed by atoms with Crippen molar-refractivity contribution < 1.29 is 13.7 Å². The Balaban J connectivity index is 2.83. The van der Waals surface area contributed by atoms with Crippen molar-refractivity contribution >= 4 is 11.8 Å². The summed E-state index contributed by atoms with van der Waals surface area (Å²) >= 11 is 0. The Hall–Kier alpha value is -1.06. The third kappa shape index (κ3) is 1.19. The molecular formula is C5H8N2O2. The Bertz CT molecular complexity index is 235. The van der Waals surface area contributed by atoms with Crippen LogP contribution in [-0.4, -0.2) is 30.2 Å². The molecule has 1 aliphatic heterocycles. The van der Waals surface area contributed by atoms with Crippen LogP contribution in [0, 0.1) is 0 Å². The maximum absolute atomic E-state index is 10.6. The molecule has 0 aromatic rings. The summed E-state index contributed by atoms with van der Waals surface area (Å²) in [5, 5.41) is 3.29. The number of rotatable bonds is 0. The van der Waals surface area contributed by atoms with Gasteiger partial charge in [-0.1, -0.05) is 5.16 Å². The maximum Gasteiger partial charge on any atom is 0.354 e. The molecule has 1 aliphatic rings. The lowest BCUT2D eigenvalue weighted by molar-refractivity contribution is -0.145. The summed E-state index contributed by atoms with van der Waals surface area (Å²) in [7, 11) is 0. The first-order chi connectivity index (χ1) is 5.41. The van der Waals surface area contributed by atoms with Crippen LogP contribution in [0.15, 0.2) is 5.16 Å². The molecule has 0 spiro atoms. The van der Waals surface area contributed by atoms with E-state index in [1.807, 2.05) is 0 Å². The van der Waals surface area contributed by atoms with Crippen LogP contribution in [0.2, 0.25) is 0 Å². The Morgan fingerprint density at radius 2 is 2.78 bits per heavy atom. The van der Waals surface area contributed by atoms with Crippen LogP contribution in [0.5, 0.6) is 0 Å². The highest BCUT2D eigenvalue weighted by molar-refractivity contribution is 5.86. The molecule has 0 saturated heterocycles. The second-order valence-corrected chi connectivity index (χ2v) is 1.69. The lowest BCUT2D eigenvalue weighted by Crippen LogP contribution is -2.35. The number of carbonyl (C=O) groups excluding carboxylic acids is 1. The summed E-state index contributed by atoms with van der Waals surface area (Å²) in [6.07, 6.45) is 0. The van der Waals surface area contributed by atoms with Gasteiger partial charge in [-0.25, -0.2) is 4.79 Å². The number of oxime groups is 1. The van der Waals surface area contributed by atoms with Gasteiger partial charge in [0.1, 0.15) is 12.4 Å². The zero-order valence-corrected chi connectivity index (χ0v) is 4.92. The molecule has 0 amide bonds. The van der Waals surface area contributed by atoms with Crippen molar-refractivity contribution in [2.24, 2.45) is 5.16 Å². The van der Waals surface area contributed by atoms with Gasteiger partial charge in [0.2, 0.25) is 0 Å². The fraction of sp³-hybridized carbons (Fsp3) is 0.600. The number of hydrogen-bond donors (Lipinski definition) is 0. The highest BCUT2D eigenvalue weighted by Gasteiger charge is 2.14. The highest BCUT2D eigenvalue weighted by atomic mass is 16.7. The van der Waals surface area contributed by atoms with Crippen LogP contribution in [0.3, 0.4) is 0 Å². The van der Waals surface area contributed by atoms with E-state index in [1.54, 1.807) is 0 Å².